The van der Waals surface area contributed by atoms with E-state index in [0.717, 1.165) is 23.3 Å². The number of halogens is 3. The lowest BCUT2D eigenvalue weighted by atomic mass is 10.1. The minimum absolute atomic E-state index is 0.659. The number of alkyl halides is 3. The predicted octanol–water partition coefficient (Wildman–Crippen LogP) is 5.20. The SMILES string of the molecule is COc1cc(C=Cc2ccc(C(F)(F)F)cc2)cc(OC)c1C. The molecular weight excluding hydrogens is 305 g/mol. The molecule has 0 saturated heterocycles. The summed E-state index contributed by atoms with van der Waals surface area (Å²) in [6, 6.07) is 8.69. The molecule has 0 spiro atoms. The lowest BCUT2D eigenvalue weighted by Gasteiger charge is -2.11. The van der Waals surface area contributed by atoms with E-state index in [0.29, 0.717) is 17.1 Å². The van der Waals surface area contributed by atoms with E-state index in [-0.39, 0.29) is 0 Å². The van der Waals surface area contributed by atoms with Crippen LogP contribution in [0, 0.1) is 6.92 Å². The zero-order valence-electron chi connectivity index (χ0n) is 13.1. The predicted molar refractivity (Wildman–Crippen MR) is 84.7 cm³/mol. The van der Waals surface area contributed by atoms with E-state index in [4.69, 9.17) is 9.47 Å². The van der Waals surface area contributed by atoms with Crippen molar-refractivity contribution in [3.8, 4) is 11.5 Å². The highest BCUT2D eigenvalue weighted by molar-refractivity contribution is 5.71. The Kier molecular flexibility index (Phi) is 4.98. The molecule has 23 heavy (non-hydrogen) atoms. The third-order valence-electron chi connectivity index (χ3n) is 3.48. The first-order chi connectivity index (χ1) is 10.8. The molecule has 0 bridgehead atoms. The van der Waals surface area contributed by atoms with Gasteiger partial charge in [0.15, 0.2) is 0 Å². The Morgan fingerprint density at radius 2 is 1.30 bits per heavy atom. The van der Waals surface area contributed by atoms with Gasteiger partial charge in [-0.05, 0) is 42.3 Å². The van der Waals surface area contributed by atoms with Crippen LogP contribution in [0.2, 0.25) is 0 Å². The molecule has 0 saturated carbocycles. The normalized spacial score (nSPS) is 11.7. The maximum atomic E-state index is 12.5. The van der Waals surface area contributed by atoms with Crippen molar-refractivity contribution < 1.29 is 22.6 Å². The summed E-state index contributed by atoms with van der Waals surface area (Å²) in [4.78, 5) is 0. The quantitative estimate of drug-likeness (QED) is 0.720. The summed E-state index contributed by atoms with van der Waals surface area (Å²) >= 11 is 0. The van der Waals surface area contributed by atoms with Crippen molar-refractivity contribution in [3.63, 3.8) is 0 Å². The van der Waals surface area contributed by atoms with Gasteiger partial charge in [0.1, 0.15) is 11.5 Å². The van der Waals surface area contributed by atoms with Crippen molar-refractivity contribution in [1.82, 2.24) is 0 Å². The smallest absolute Gasteiger partial charge is 0.416 e. The van der Waals surface area contributed by atoms with Gasteiger partial charge in [-0.25, -0.2) is 0 Å². The Morgan fingerprint density at radius 3 is 1.74 bits per heavy atom. The van der Waals surface area contributed by atoms with E-state index in [9.17, 15) is 13.2 Å². The molecule has 2 rings (SSSR count). The zero-order chi connectivity index (χ0) is 17.0. The van der Waals surface area contributed by atoms with Gasteiger partial charge < -0.3 is 9.47 Å². The van der Waals surface area contributed by atoms with Gasteiger partial charge in [-0.15, -0.1) is 0 Å². The van der Waals surface area contributed by atoms with Gasteiger partial charge in [0.05, 0.1) is 19.8 Å². The van der Waals surface area contributed by atoms with Gasteiger partial charge in [0.2, 0.25) is 0 Å². The van der Waals surface area contributed by atoms with E-state index in [2.05, 4.69) is 0 Å². The van der Waals surface area contributed by atoms with E-state index in [1.54, 1.807) is 26.4 Å². The fourth-order valence-electron chi connectivity index (χ4n) is 2.18. The highest BCUT2D eigenvalue weighted by Gasteiger charge is 2.29. The molecule has 0 aromatic heterocycles. The van der Waals surface area contributed by atoms with Crippen molar-refractivity contribution >= 4 is 12.2 Å². The number of methoxy groups -OCH3 is 2. The van der Waals surface area contributed by atoms with Crippen LogP contribution in [0.1, 0.15) is 22.3 Å². The second-order valence-electron chi connectivity index (χ2n) is 5.00. The lowest BCUT2D eigenvalue weighted by molar-refractivity contribution is -0.137. The van der Waals surface area contributed by atoms with E-state index < -0.39 is 11.7 Å². The van der Waals surface area contributed by atoms with Gasteiger partial charge in [-0.2, -0.15) is 13.2 Å². The lowest BCUT2D eigenvalue weighted by Crippen LogP contribution is -2.03. The Hall–Kier alpha value is -2.43. The van der Waals surface area contributed by atoms with Crippen LogP contribution in [0.5, 0.6) is 11.5 Å². The maximum Gasteiger partial charge on any atom is 0.416 e. The largest absolute Gasteiger partial charge is 0.496 e. The molecule has 0 unspecified atom stereocenters. The fourth-order valence-corrected chi connectivity index (χ4v) is 2.18. The highest BCUT2D eigenvalue weighted by Crippen LogP contribution is 2.31. The Balaban J connectivity index is 2.26. The Morgan fingerprint density at radius 1 is 0.826 bits per heavy atom. The van der Waals surface area contributed by atoms with Crippen LogP contribution >= 0.6 is 0 Å². The van der Waals surface area contributed by atoms with Crippen LogP contribution in [-0.2, 0) is 6.18 Å². The molecule has 122 valence electrons. The maximum absolute atomic E-state index is 12.5. The van der Waals surface area contributed by atoms with Gasteiger partial charge in [0.25, 0.3) is 0 Å². The average molecular weight is 322 g/mol. The molecule has 0 aliphatic heterocycles. The molecule has 0 aliphatic carbocycles. The van der Waals surface area contributed by atoms with Crippen molar-refractivity contribution in [2.45, 2.75) is 13.1 Å². The summed E-state index contributed by atoms with van der Waals surface area (Å²) in [6.45, 7) is 1.89. The molecule has 2 aromatic rings. The van der Waals surface area contributed by atoms with E-state index in [1.807, 2.05) is 19.1 Å². The van der Waals surface area contributed by atoms with E-state index >= 15 is 0 Å². The first-order valence-electron chi connectivity index (χ1n) is 6.93. The van der Waals surface area contributed by atoms with Gasteiger partial charge in [-0.3, -0.25) is 0 Å². The monoisotopic (exact) mass is 322 g/mol. The third-order valence-corrected chi connectivity index (χ3v) is 3.48. The second-order valence-corrected chi connectivity index (χ2v) is 5.00. The minimum atomic E-state index is -4.32. The molecule has 0 N–H and O–H groups in total. The average Bonchev–Trinajstić information content (AvgIpc) is 2.53. The number of rotatable bonds is 4. The number of hydrogen-bond acceptors (Lipinski definition) is 2. The molecule has 2 aromatic carbocycles. The van der Waals surface area contributed by atoms with Gasteiger partial charge >= 0.3 is 6.18 Å². The first kappa shape index (κ1) is 16.9. The van der Waals surface area contributed by atoms with Crippen LogP contribution in [0.15, 0.2) is 36.4 Å². The standard InChI is InChI=1S/C18H17F3O2/c1-12-16(22-2)10-14(11-17(12)23-3)5-4-13-6-8-15(9-7-13)18(19,20)21/h4-11H,1-3H3. The molecule has 0 atom stereocenters. The minimum Gasteiger partial charge on any atom is -0.496 e. The Bertz CT molecular complexity index is 676. The van der Waals surface area contributed by atoms with Gasteiger partial charge in [0, 0.05) is 5.56 Å². The van der Waals surface area contributed by atoms with Crippen LogP contribution in [0.25, 0.3) is 12.2 Å². The summed E-state index contributed by atoms with van der Waals surface area (Å²) in [5, 5.41) is 0. The van der Waals surface area contributed by atoms with Crippen molar-refractivity contribution in [2.75, 3.05) is 14.2 Å². The summed E-state index contributed by atoms with van der Waals surface area (Å²) in [6.07, 6.45) is -0.781. The molecule has 5 heteroatoms. The zero-order valence-corrected chi connectivity index (χ0v) is 13.1. The summed E-state index contributed by atoms with van der Waals surface area (Å²) in [5.74, 6) is 1.38. The first-order valence-corrected chi connectivity index (χ1v) is 6.93. The Labute approximate surface area is 133 Å². The third kappa shape index (κ3) is 4.06. The fraction of sp³-hybridized carbons (Fsp3) is 0.222. The molecule has 0 amide bonds. The summed E-state index contributed by atoms with van der Waals surface area (Å²) < 4.78 is 48.2. The second kappa shape index (κ2) is 6.77. The summed E-state index contributed by atoms with van der Waals surface area (Å²) in [5.41, 5.74) is 1.75. The molecule has 2 nitrogen and oxygen atoms in total. The van der Waals surface area contributed by atoms with Crippen molar-refractivity contribution in [1.29, 1.82) is 0 Å². The van der Waals surface area contributed by atoms with Crippen molar-refractivity contribution in [2.24, 2.45) is 0 Å². The molecular formula is C18H17F3O2. The number of hydrogen-bond donors (Lipinski definition) is 0. The topological polar surface area (TPSA) is 18.5 Å². The van der Waals surface area contributed by atoms with Crippen molar-refractivity contribution in [3.05, 3.63) is 58.7 Å². The van der Waals surface area contributed by atoms with Crippen LogP contribution in [0.3, 0.4) is 0 Å². The molecule has 0 fully saturated rings. The molecule has 0 radical (unpaired) electrons. The van der Waals surface area contributed by atoms with E-state index in [1.165, 1.54) is 12.1 Å². The van der Waals surface area contributed by atoms with Crippen LogP contribution in [0.4, 0.5) is 13.2 Å². The summed E-state index contributed by atoms with van der Waals surface area (Å²) in [7, 11) is 3.15. The van der Waals surface area contributed by atoms with Crippen LogP contribution in [-0.4, -0.2) is 14.2 Å². The van der Waals surface area contributed by atoms with Gasteiger partial charge in [-0.1, -0.05) is 24.3 Å². The number of benzene rings is 2. The molecule has 0 heterocycles. The van der Waals surface area contributed by atoms with Crippen LogP contribution < -0.4 is 9.47 Å². The number of ether oxygens (including phenoxy) is 2. The highest BCUT2D eigenvalue weighted by atomic mass is 19.4. The molecule has 0 aliphatic rings.